The van der Waals surface area contributed by atoms with Crippen LogP contribution in [0.2, 0.25) is 0 Å². The number of nitrogens with zero attached hydrogens (tertiary/aromatic N) is 1. The van der Waals surface area contributed by atoms with E-state index in [-0.39, 0.29) is 11.9 Å². The molecule has 3 aromatic rings. The maximum Gasteiger partial charge on any atom is 0.254 e. The summed E-state index contributed by atoms with van der Waals surface area (Å²) in [6, 6.07) is 19.6. The van der Waals surface area contributed by atoms with Gasteiger partial charge in [-0.2, -0.15) is 0 Å². The monoisotopic (exact) mass is 376 g/mol. The maximum atomic E-state index is 13.0. The maximum absolute atomic E-state index is 13.0. The number of para-hydroxylation sites is 1. The quantitative estimate of drug-likeness (QED) is 0.711. The summed E-state index contributed by atoms with van der Waals surface area (Å²) in [5, 5.41) is 3.86. The van der Waals surface area contributed by atoms with E-state index in [0.29, 0.717) is 17.2 Å². The van der Waals surface area contributed by atoms with Gasteiger partial charge in [-0.25, -0.2) is 4.98 Å². The number of ether oxygens (including phenoxy) is 1. The summed E-state index contributed by atoms with van der Waals surface area (Å²) in [4.78, 5) is 18.5. The Labute approximate surface area is 163 Å². The number of rotatable bonds is 4. The summed E-state index contributed by atoms with van der Waals surface area (Å²) in [7, 11) is 0. The van der Waals surface area contributed by atoms with E-state index in [0.717, 1.165) is 22.6 Å². The highest BCUT2D eigenvalue weighted by molar-refractivity contribution is 7.99. The Bertz CT molecular complexity index is 957. The zero-order valence-corrected chi connectivity index (χ0v) is 15.8. The third kappa shape index (κ3) is 3.98. The first kappa shape index (κ1) is 17.6. The zero-order valence-electron chi connectivity index (χ0n) is 15.0. The average Bonchev–Trinajstić information content (AvgIpc) is 2.70. The number of hydrogen-bond donors (Lipinski definition) is 1. The molecule has 27 heavy (non-hydrogen) atoms. The van der Waals surface area contributed by atoms with Gasteiger partial charge in [0.1, 0.15) is 10.8 Å². The molecule has 136 valence electrons. The molecule has 0 unspecified atom stereocenters. The minimum atomic E-state index is -0.112. The van der Waals surface area contributed by atoms with Crippen molar-refractivity contribution in [3.63, 3.8) is 0 Å². The molecule has 0 fully saturated rings. The number of aromatic nitrogens is 1. The molecule has 4 rings (SSSR count). The van der Waals surface area contributed by atoms with Crippen LogP contribution in [0.1, 0.15) is 33.9 Å². The Morgan fingerprint density at radius 2 is 1.93 bits per heavy atom. The second kappa shape index (κ2) is 7.84. The highest BCUT2D eigenvalue weighted by Crippen LogP contribution is 2.33. The third-order valence-electron chi connectivity index (χ3n) is 4.52. The van der Waals surface area contributed by atoms with Crippen LogP contribution >= 0.6 is 11.8 Å². The molecule has 1 aliphatic heterocycles. The van der Waals surface area contributed by atoms with Crippen molar-refractivity contribution >= 4 is 17.7 Å². The van der Waals surface area contributed by atoms with E-state index in [1.165, 1.54) is 17.3 Å². The SMILES string of the molecule is Cc1ccc(Sc2ncccc2C(=O)N[C@H]2CCOc3ccccc32)cc1. The number of carbonyl (C=O) groups excluding carboxylic acids is 1. The van der Waals surface area contributed by atoms with Crippen molar-refractivity contribution in [3.05, 3.63) is 83.6 Å². The van der Waals surface area contributed by atoms with Gasteiger partial charge in [0.15, 0.2) is 0 Å². The molecule has 0 bridgehead atoms. The Morgan fingerprint density at radius 3 is 2.78 bits per heavy atom. The first-order valence-corrected chi connectivity index (χ1v) is 9.74. The van der Waals surface area contributed by atoms with Crippen LogP contribution in [0.25, 0.3) is 0 Å². The van der Waals surface area contributed by atoms with Crippen molar-refractivity contribution in [2.45, 2.75) is 29.3 Å². The number of fused-ring (bicyclic) bond motifs is 1. The summed E-state index contributed by atoms with van der Waals surface area (Å²) in [5.41, 5.74) is 2.82. The number of benzene rings is 2. The Balaban J connectivity index is 1.55. The third-order valence-corrected chi connectivity index (χ3v) is 5.54. The van der Waals surface area contributed by atoms with Gasteiger partial charge in [0.2, 0.25) is 0 Å². The van der Waals surface area contributed by atoms with Crippen LogP contribution in [0.15, 0.2) is 76.8 Å². The fraction of sp³-hybridized carbons (Fsp3) is 0.182. The van der Waals surface area contributed by atoms with Gasteiger partial charge < -0.3 is 10.1 Å². The lowest BCUT2D eigenvalue weighted by Crippen LogP contribution is -2.32. The van der Waals surface area contributed by atoms with Gasteiger partial charge in [0, 0.05) is 23.1 Å². The topological polar surface area (TPSA) is 51.2 Å². The van der Waals surface area contributed by atoms with Gasteiger partial charge in [-0.3, -0.25) is 4.79 Å². The predicted molar refractivity (Wildman–Crippen MR) is 106 cm³/mol. The molecule has 1 aliphatic rings. The Morgan fingerprint density at radius 1 is 1.11 bits per heavy atom. The fourth-order valence-corrected chi connectivity index (χ4v) is 3.97. The number of carbonyl (C=O) groups is 1. The van der Waals surface area contributed by atoms with Crippen molar-refractivity contribution in [3.8, 4) is 5.75 Å². The van der Waals surface area contributed by atoms with Crippen LogP contribution in [0.5, 0.6) is 5.75 Å². The largest absolute Gasteiger partial charge is 0.493 e. The first-order chi connectivity index (χ1) is 13.2. The molecule has 4 nitrogen and oxygen atoms in total. The van der Waals surface area contributed by atoms with Gasteiger partial charge in [-0.05, 0) is 37.3 Å². The highest BCUT2D eigenvalue weighted by Gasteiger charge is 2.24. The normalized spacial score (nSPS) is 15.5. The first-order valence-electron chi connectivity index (χ1n) is 8.93. The van der Waals surface area contributed by atoms with E-state index in [1.807, 2.05) is 42.5 Å². The molecule has 1 atom stereocenters. The molecule has 1 N–H and O–H groups in total. The lowest BCUT2D eigenvalue weighted by molar-refractivity contribution is 0.0921. The van der Waals surface area contributed by atoms with E-state index in [1.54, 1.807) is 12.3 Å². The van der Waals surface area contributed by atoms with E-state index in [4.69, 9.17) is 4.74 Å². The van der Waals surface area contributed by atoms with Crippen LogP contribution in [0.4, 0.5) is 0 Å². The molecule has 1 amide bonds. The molecule has 1 aromatic heterocycles. The molecule has 2 heterocycles. The van der Waals surface area contributed by atoms with Crippen molar-refractivity contribution in [1.82, 2.24) is 10.3 Å². The van der Waals surface area contributed by atoms with Crippen molar-refractivity contribution < 1.29 is 9.53 Å². The molecule has 0 spiro atoms. The van der Waals surface area contributed by atoms with E-state index in [9.17, 15) is 4.79 Å². The Kier molecular flexibility index (Phi) is 5.12. The van der Waals surface area contributed by atoms with Gasteiger partial charge in [0.05, 0.1) is 18.2 Å². The van der Waals surface area contributed by atoms with Crippen LogP contribution in [0, 0.1) is 6.92 Å². The molecule has 0 saturated heterocycles. The molecule has 0 saturated carbocycles. The molecule has 0 radical (unpaired) electrons. The van der Waals surface area contributed by atoms with E-state index < -0.39 is 0 Å². The summed E-state index contributed by atoms with van der Waals surface area (Å²) < 4.78 is 5.69. The van der Waals surface area contributed by atoms with Crippen LogP contribution in [-0.2, 0) is 0 Å². The second-order valence-electron chi connectivity index (χ2n) is 6.47. The fourth-order valence-electron chi connectivity index (χ4n) is 3.09. The number of pyridine rings is 1. The van der Waals surface area contributed by atoms with Gasteiger partial charge in [-0.15, -0.1) is 0 Å². The van der Waals surface area contributed by atoms with Crippen LogP contribution < -0.4 is 10.1 Å². The van der Waals surface area contributed by atoms with Gasteiger partial charge in [-0.1, -0.05) is 47.7 Å². The standard InChI is InChI=1S/C22H20N2O2S/c1-15-8-10-16(11-9-15)27-22-18(6-4-13-23-22)21(25)24-19-12-14-26-20-7-3-2-5-17(19)20/h2-11,13,19H,12,14H2,1H3,(H,24,25)/t19-/m0/s1. The van der Waals surface area contributed by atoms with Crippen LogP contribution in [0.3, 0.4) is 0 Å². The van der Waals surface area contributed by atoms with Crippen molar-refractivity contribution in [1.29, 1.82) is 0 Å². The van der Waals surface area contributed by atoms with E-state index >= 15 is 0 Å². The van der Waals surface area contributed by atoms with Gasteiger partial charge >= 0.3 is 0 Å². The minimum Gasteiger partial charge on any atom is -0.493 e. The zero-order chi connectivity index (χ0) is 18.6. The van der Waals surface area contributed by atoms with E-state index in [2.05, 4.69) is 29.4 Å². The summed E-state index contributed by atoms with van der Waals surface area (Å²) in [5.74, 6) is 0.730. The number of aryl methyl sites for hydroxylation is 1. The molecular weight excluding hydrogens is 356 g/mol. The molecule has 0 aliphatic carbocycles. The molecular formula is C22H20N2O2S. The number of amides is 1. The molecule has 5 heteroatoms. The highest BCUT2D eigenvalue weighted by atomic mass is 32.2. The smallest absolute Gasteiger partial charge is 0.254 e. The second-order valence-corrected chi connectivity index (χ2v) is 7.53. The minimum absolute atomic E-state index is 0.0557. The lowest BCUT2D eigenvalue weighted by Gasteiger charge is -2.26. The number of hydrogen-bond acceptors (Lipinski definition) is 4. The van der Waals surface area contributed by atoms with Crippen molar-refractivity contribution in [2.75, 3.05) is 6.61 Å². The lowest BCUT2D eigenvalue weighted by atomic mass is 10.0. The average molecular weight is 376 g/mol. The summed E-state index contributed by atoms with van der Waals surface area (Å²) in [6.45, 7) is 2.65. The summed E-state index contributed by atoms with van der Waals surface area (Å²) >= 11 is 1.50. The summed E-state index contributed by atoms with van der Waals surface area (Å²) in [6.07, 6.45) is 2.47. The predicted octanol–water partition coefficient (Wildman–Crippen LogP) is 4.79. The Hall–Kier alpha value is -2.79. The van der Waals surface area contributed by atoms with Crippen molar-refractivity contribution in [2.24, 2.45) is 0 Å². The number of nitrogens with one attached hydrogen (secondary N) is 1. The van der Waals surface area contributed by atoms with Gasteiger partial charge in [0.25, 0.3) is 5.91 Å². The van der Waals surface area contributed by atoms with Crippen LogP contribution in [-0.4, -0.2) is 17.5 Å². The molecule has 2 aromatic carbocycles.